The third-order valence-electron chi connectivity index (χ3n) is 3.22. The summed E-state index contributed by atoms with van der Waals surface area (Å²) in [4.78, 5) is 2.22. The molecule has 1 aliphatic rings. The molecule has 0 fully saturated rings. The molecule has 0 aliphatic carbocycles. The van der Waals surface area contributed by atoms with Gasteiger partial charge in [0.15, 0.2) is 0 Å². The van der Waals surface area contributed by atoms with E-state index in [9.17, 15) is 0 Å². The Hall–Kier alpha value is -2.22. The molecule has 1 aromatic carbocycles. The highest BCUT2D eigenvalue weighted by molar-refractivity contribution is 5.66. The largest absolute Gasteiger partial charge is 0.490 e. The maximum absolute atomic E-state index is 5.72. The maximum atomic E-state index is 5.72. The van der Waals surface area contributed by atoms with Crippen molar-refractivity contribution in [1.82, 2.24) is 0 Å². The number of hydrogen-bond acceptors (Lipinski definition) is 2. The van der Waals surface area contributed by atoms with Gasteiger partial charge in [0.25, 0.3) is 0 Å². The summed E-state index contributed by atoms with van der Waals surface area (Å²) in [5.41, 5.74) is 3.42. The molecule has 104 valence electrons. The van der Waals surface area contributed by atoms with Crippen LogP contribution in [0.2, 0.25) is 0 Å². The van der Waals surface area contributed by atoms with Gasteiger partial charge in [-0.2, -0.15) is 0 Å². The van der Waals surface area contributed by atoms with Crippen molar-refractivity contribution in [2.24, 2.45) is 0 Å². The fraction of sp³-hybridized carbons (Fsp3) is 0.222. The summed E-state index contributed by atoms with van der Waals surface area (Å²) in [5.74, 6) is 0.959. The zero-order valence-electron chi connectivity index (χ0n) is 12.2. The highest BCUT2D eigenvalue weighted by atomic mass is 16.5. The van der Waals surface area contributed by atoms with Gasteiger partial charge in [0.2, 0.25) is 0 Å². The van der Waals surface area contributed by atoms with Crippen LogP contribution in [0.25, 0.3) is 6.08 Å². The third kappa shape index (κ3) is 3.41. The van der Waals surface area contributed by atoms with Crippen LogP contribution in [0, 0.1) is 0 Å². The lowest BCUT2D eigenvalue weighted by atomic mass is 10.1. The van der Waals surface area contributed by atoms with E-state index in [4.69, 9.17) is 4.74 Å². The first-order valence-corrected chi connectivity index (χ1v) is 6.86. The lowest BCUT2D eigenvalue weighted by molar-refractivity contribution is 0.311. The van der Waals surface area contributed by atoms with Crippen molar-refractivity contribution in [2.45, 2.75) is 6.92 Å². The lowest BCUT2D eigenvalue weighted by Gasteiger charge is -2.27. The minimum absolute atomic E-state index is 0.747. The molecule has 1 aliphatic heterocycles. The Bertz CT molecular complexity index is 567. The van der Waals surface area contributed by atoms with E-state index in [-0.39, 0.29) is 0 Å². The average Bonchev–Trinajstić information content (AvgIpc) is 2.45. The van der Waals surface area contributed by atoms with Crippen molar-refractivity contribution in [3.05, 3.63) is 66.3 Å². The molecule has 0 atom stereocenters. The van der Waals surface area contributed by atoms with Crippen LogP contribution in [0.3, 0.4) is 0 Å². The van der Waals surface area contributed by atoms with Crippen molar-refractivity contribution >= 4 is 11.8 Å². The number of anilines is 1. The number of likely N-dealkylation sites (N-methyl/N-ethyl adjacent to an activating group) is 1. The van der Waals surface area contributed by atoms with E-state index in [1.165, 1.54) is 0 Å². The van der Waals surface area contributed by atoms with Crippen molar-refractivity contribution in [1.29, 1.82) is 0 Å². The SMILES string of the molecule is C=C/C=C(\C=C/C)/C=C/c1ccc2c(c1)OCCN2C. The quantitative estimate of drug-likeness (QED) is 0.757. The summed E-state index contributed by atoms with van der Waals surface area (Å²) in [5, 5.41) is 0. The Kier molecular flexibility index (Phi) is 4.83. The third-order valence-corrected chi connectivity index (χ3v) is 3.22. The minimum atomic E-state index is 0.747. The second-order valence-corrected chi connectivity index (χ2v) is 4.73. The van der Waals surface area contributed by atoms with Crippen LogP contribution in [-0.2, 0) is 0 Å². The van der Waals surface area contributed by atoms with Gasteiger partial charge in [0.1, 0.15) is 12.4 Å². The number of nitrogens with zero attached hydrogens (tertiary/aromatic N) is 1. The van der Waals surface area contributed by atoms with Crippen LogP contribution in [-0.4, -0.2) is 20.2 Å². The molecule has 1 aromatic rings. The Morgan fingerprint density at radius 1 is 1.35 bits per heavy atom. The number of fused-ring (bicyclic) bond motifs is 1. The van der Waals surface area contributed by atoms with Crippen molar-refractivity contribution < 1.29 is 4.74 Å². The Balaban J connectivity index is 2.22. The van der Waals surface area contributed by atoms with Crippen LogP contribution in [0.4, 0.5) is 5.69 Å². The van der Waals surface area contributed by atoms with E-state index in [1.54, 1.807) is 6.08 Å². The van der Waals surface area contributed by atoms with Gasteiger partial charge in [-0.1, -0.05) is 49.1 Å². The molecular formula is C18H21NO. The standard InChI is InChI=1S/C18H21NO/c1-4-6-15(7-5-2)8-9-16-10-11-17-18(14-16)20-13-12-19(17)3/h4-11,14H,1,12-13H2,2-3H3/b7-5-,9-8+,15-6+. The molecule has 0 N–H and O–H groups in total. The van der Waals surface area contributed by atoms with E-state index < -0.39 is 0 Å². The normalized spacial score (nSPS) is 15.5. The monoisotopic (exact) mass is 267 g/mol. The number of hydrogen-bond donors (Lipinski definition) is 0. The molecule has 0 spiro atoms. The van der Waals surface area contributed by atoms with Crippen LogP contribution >= 0.6 is 0 Å². The van der Waals surface area contributed by atoms with E-state index in [0.29, 0.717) is 0 Å². The summed E-state index contributed by atoms with van der Waals surface area (Å²) >= 11 is 0. The van der Waals surface area contributed by atoms with E-state index >= 15 is 0 Å². The molecule has 0 saturated heterocycles. The van der Waals surface area contributed by atoms with E-state index in [0.717, 1.165) is 35.7 Å². The smallest absolute Gasteiger partial charge is 0.143 e. The molecule has 0 saturated carbocycles. The zero-order chi connectivity index (χ0) is 14.4. The van der Waals surface area contributed by atoms with E-state index in [2.05, 4.69) is 55.0 Å². The fourth-order valence-corrected chi connectivity index (χ4v) is 2.17. The summed E-state index contributed by atoms with van der Waals surface area (Å²) in [6.07, 6.45) is 12.0. The van der Waals surface area contributed by atoms with Crippen LogP contribution in [0.15, 0.2) is 60.7 Å². The van der Waals surface area contributed by atoms with Crippen molar-refractivity contribution in [3.8, 4) is 5.75 Å². The molecule has 1 heterocycles. The Morgan fingerprint density at radius 2 is 2.20 bits per heavy atom. The topological polar surface area (TPSA) is 12.5 Å². The maximum Gasteiger partial charge on any atom is 0.143 e. The molecule has 2 rings (SSSR count). The molecule has 0 amide bonds. The molecular weight excluding hydrogens is 246 g/mol. The van der Waals surface area contributed by atoms with Gasteiger partial charge < -0.3 is 9.64 Å². The molecule has 0 unspecified atom stereocenters. The predicted molar refractivity (Wildman–Crippen MR) is 87.3 cm³/mol. The zero-order valence-corrected chi connectivity index (χ0v) is 12.2. The Morgan fingerprint density at radius 3 is 2.95 bits per heavy atom. The molecule has 2 nitrogen and oxygen atoms in total. The van der Waals surface area contributed by atoms with Crippen molar-refractivity contribution in [3.63, 3.8) is 0 Å². The first kappa shape index (κ1) is 14.2. The van der Waals surface area contributed by atoms with Gasteiger partial charge in [-0.3, -0.25) is 0 Å². The highest BCUT2D eigenvalue weighted by Gasteiger charge is 2.14. The van der Waals surface area contributed by atoms with Crippen LogP contribution in [0.1, 0.15) is 12.5 Å². The molecule has 20 heavy (non-hydrogen) atoms. The molecule has 0 radical (unpaired) electrons. The second kappa shape index (κ2) is 6.80. The van der Waals surface area contributed by atoms with E-state index in [1.807, 2.05) is 19.1 Å². The summed E-state index contributed by atoms with van der Waals surface area (Å²) in [7, 11) is 2.09. The van der Waals surface area contributed by atoms with Gasteiger partial charge in [0.05, 0.1) is 12.2 Å². The number of rotatable bonds is 4. The Labute approximate surface area is 121 Å². The van der Waals surface area contributed by atoms with Crippen molar-refractivity contribution in [2.75, 3.05) is 25.1 Å². The summed E-state index contributed by atoms with van der Waals surface area (Å²) in [6.45, 7) is 7.43. The van der Waals surface area contributed by atoms with Gasteiger partial charge in [-0.05, 0) is 30.2 Å². The van der Waals surface area contributed by atoms with Crippen LogP contribution < -0.4 is 9.64 Å². The second-order valence-electron chi connectivity index (χ2n) is 4.73. The number of ether oxygens (including phenoxy) is 1. The average molecular weight is 267 g/mol. The predicted octanol–water partition coefficient (Wildman–Crippen LogP) is 4.22. The van der Waals surface area contributed by atoms with Gasteiger partial charge in [-0.25, -0.2) is 0 Å². The van der Waals surface area contributed by atoms with Crippen LogP contribution in [0.5, 0.6) is 5.75 Å². The fourth-order valence-electron chi connectivity index (χ4n) is 2.17. The molecule has 2 heteroatoms. The van der Waals surface area contributed by atoms with Gasteiger partial charge in [0, 0.05) is 7.05 Å². The first-order valence-electron chi connectivity index (χ1n) is 6.86. The molecule has 0 bridgehead atoms. The van der Waals surface area contributed by atoms with Gasteiger partial charge in [-0.15, -0.1) is 0 Å². The number of benzene rings is 1. The number of allylic oxidation sites excluding steroid dienone is 6. The minimum Gasteiger partial charge on any atom is -0.490 e. The highest BCUT2D eigenvalue weighted by Crippen LogP contribution is 2.31. The summed E-state index contributed by atoms with van der Waals surface area (Å²) in [6, 6.07) is 6.31. The summed E-state index contributed by atoms with van der Waals surface area (Å²) < 4.78 is 5.72. The van der Waals surface area contributed by atoms with Gasteiger partial charge >= 0.3 is 0 Å². The first-order chi connectivity index (χ1) is 9.74. The molecule has 0 aromatic heterocycles. The lowest BCUT2D eigenvalue weighted by Crippen LogP contribution is -2.28.